The number of nitrogens with zero attached hydrogens (tertiary/aromatic N) is 3. The molecule has 4 heteroatoms. The van der Waals surface area contributed by atoms with Crippen molar-refractivity contribution in [2.75, 3.05) is 0 Å². The summed E-state index contributed by atoms with van der Waals surface area (Å²) < 4.78 is 1.68. The number of rotatable bonds is 3. The Bertz CT molecular complexity index is 577. The number of carbonyl (C=O) groups is 1. The molecular weight excluding hydrogens is 202 g/mol. The van der Waals surface area contributed by atoms with Gasteiger partial charge >= 0.3 is 0 Å². The monoisotopic (exact) mass is 213 g/mol. The van der Waals surface area contributed by atoms with Gasteiger partial charge in [0.2, 0.25) is 0 Å². The largest absolute Gasteiger partial charge is 0.294 e. The van der Waals surface area contributed by atoms with Crippen molar-refractivity contribution in [1.29, 1.82) is 5.26 Å². The highest BCUT2D eigenvalue weighted by Crippen LogP contribution is 2.13. The molecule has 0 amide bonds. The molecule has 0 N–H and O–H groups in total. The molecule has 80 valence electrons. The SMILES string of the molecule is CC(=O)c1cnn2cc(CCC#N)ccc12. The van der Waals surface area contributed by atoms with Crippen LogP contribution in [-0.2, 0) is 6.42 Å². The molecule has 0 fully saturated rings. The van der Waals surface area contributed by atoms with E-state index < -0.39 is 0 Å². The van der Waals surface area contributed by atoms with E-state index in [4.69, 9.17) is 5.26 Å². The van der Waals surface area contributed by atoms with Crippen LogP contribution in [-0.4, -0.2) is 15.4 Å². The van der Waals surface area contributed by atoms with Crippen molar-refractivity contribution in [1.82, 2.24) is 9.61 Å². The standard InChI is InChI=1S/C12H11N3O/c1-9(16)11-7-14-15-8-10(3-2-6-13)4-5-12(11)15/h4-5,7-8H,2-3H2,1H3. The molecule has 0 aromatic carbocycles. The summed E-state index contributed by atoms with van der Waals surface area (Å²) in [5.74, 6) is 0.0137. The summed E-state index contributed by atoms with van der Waals surface area (Å²) in [4.78, 5) is 11.3. The lowest BCUT2D eigenvalue weighted by molar-refractivity contribution is 0.101. The van der Waals surface area contributed by atoms with Crippen LogP contribution < -0.4 is 0 Å². The third-order valence-electron chi connectivity index (χ3n) is 2.48. The zero-order valence-corrected chi connectivity index (χ0v) is 8.97. The van der Waals surface area contributed by atoms with Crippen LogP contribution in [0.2, 0.25) is 0 Å². The quantitative estimate of drug-likeness (QED) is 0.732. The van der Waals surface area contributed by atoms with E-state index in [2.05, 4.69) is 11.2 Å². The second-order valence-electron chi connectivity index (χ2n) is 3.64. The highest BCUT2D eigenvalue weighted by Gasteiger charge is 2.08. The number of hydrogen-bond donors (Lipinski definition) is 0. The van der Waals surface area contributed by atoms with E-state index in [9.17, 15) is 4.79 Å². The fourth-order valence-corrected chi connectivity index (χ4v) is 1.65. The van der Waals surface area contributed by atoms with Gasteiger partial charge in [0.05, 0.1) is 23.3 Å². The molecule has 0 atom stereocenters. The molecule has 2 aromatic rings. The van der Waals surface area contributed by atoms with Crippen LogP contribution in [0, 0.1) is 11.3 Å². The molecular formula is C12H11N3O. The minimum Gasteiger partial charge on any atom is -0.294 e. The molecule has 2 rings (SSSR count). The van der Waals surface area contributed by atoms with Crippen LogP contribution in [0.15, 0.2) is 24.5 Å². The van der Waals surface area contributed by atoms with Gasteiger partial charge in [-0.05, 0) is 25.0 Å². The molecule has 16 heavy (non-hydrogen) atoms. The number of fused-ring (bicyclic) bond motifs is 1. The van der Waals surface area contributed by atoms with Crippen LogP contribution in [0.4, 0.5) is 0 Å². The van der Waals surface area contributed by atoms with Gasteiger partial charge in [0.1, 0.15) is 0 Å². The van der Waals surface area contributed by atoms with Crippen LogP contribution in [0.1, 0.15) is 29.3 Å². The minimum atomic E-state index is 0.0137. The van der Waals surface area contributed by atoms with Crippen molar-refractivity contribution in [3.63, 3.8) is 0 Å². The van der Waals surface area contributed by atoms with Crippen molar-refractivity contribution < 1.29 is 4.79 Å². The maximum absolute atomic E-state index is 11.3. The van der Waals surface area contributed by atoms with Crippen molar-refractivity contribution >= 4 is 11.3 Å². The number of nitriles is 1. The lowest BCUT2D eigenvalue weighted by atomic mass is 10.1. The maximum Gasteiger partial charge on any atom is 0.163 e. The first-order chi connectivity index (χ1) is 7.72. The topological polar surface area (TPSA) is 58.2 Å². The Kier molecular flexibility index (Phi) is 2.69. The zero-order chi connectivity index (χ0) is 11.5. The highest BCUT2D eigenvalue weighted by atomic mass is 16.1. The van der Waals surface area contributed by atoms with E-state index in [1.54, 1.807) is 10.7 Å². The van der Waals surface area contributed by atoms with Gasteiger partial charge in [-0.3, -0.25) is 4.79 Å². The van der Waals surface area contributed by atoms with E-state index in [-0.39, 0.29) is 5.78 Å². The summed E-state index contributed by atoms with van der Waals surface area (Å²) >= 11 is 0. The van der Waals surface area contributed by atoms with Gasteiger partial charge in [0, 0.05) is 12.6 Å². The van der Waals surface area contributed by atoms with Gasteiger partial charge in [-0.25, -0.2) is 4.52 Å². The van der Waals surface area contributed by atoms with Crippen molar-refractivity contribution in [3.8, 4) is 6.07 Å². The molecule has 0 spiro atoms. The zero-order valence-electron chi connectivity index (χ0n) is 8.97. The lowest BCUT2D eigenvalue weighted by Crippen LogP contribution is -1.94. The fourth-order valence-electron chi connectivity index (χ4n) is 1.65. The predicted molar refractivity (Wildman–Crippen MR) is 59.1 cm³/mol. The van der Waals surface area contributed by atoms with Crippen molar-refractivity contribution in [3.05, 3.63) is 35.7 Å². The smallest absolute Gasteiger partial charge is 0.163 e. The third-order valence-corrected chi connectivity index (χ3v) is 2.48. The van der Waals surface area contributed by atoms with E-state index >= 15 is 0 Å². The molecule has 0 unspecified atom stereocenters. The lowest BCUT2D eigenvalue weighted by Gasteiger charge is -1.99. The van der Waals surface area contributed by atoms with Crippen LogP contribution in [0.5, 0.6) is 0 Å². The van der Waals surface area contributed by atoms with Crippen LogP contribution in [0.3, 0.4) is 0 Å². The van der Waals surface area contributed by atoms with Gasteiger partial charge < -0.3 is 0 Å². The number of hydrogen-bond acceptors (Lipinski definition) is 3. The summed E-state index contributed by atoms with van der Waals surface area (Å²) in [5.41, 5.74) is 2.49. The normalized spacial score (nSPS) is 10.2. The first-order valence-electron chi connectivity index (χ1n) is 5.06. The number of Topliss-reactive ketones (excluding diaryl/α,β-unsaturated/α-hetero) is 1. The molecule has 0 saturated heterocycles. The summed E-state index contributed by atoms with van der Waals surface area (Å²) in [6.07, 6.45) is 4.64. The predicted octanol–water partition coefficient (Wildman–Crippen LogP) is 1.99. The Morgan fingerprint density at radius 2 is 2.38 bits per heavy atom. The summed E-state index contributed by atoms with van der Waals surface area (Å²) in [7, 11) is 0. The number of pyridine rings is 1. The van der Waals surface area contributed by atoms with E-state index in [1.165, 1.54) is 6.92 Å². The fraction of sp³-hybridized carbons (Fsp3) is 0.250. The van der Waals surface area contributed by atoms with Crippen molar-refractivity contribution in [2.45, 2.75) is 19.8 Å². The average molecular weight is 213 g/mol. The second-order valence-corrected chi connectivity index (χ2v) is 3.64. The Morgan fingerprint density at radius 1 is 1.56 bits per heavy atom. The Morgan fingerprint density at radius 3 is 3.06 bits per heavy atom. The van der Waals surface area contributed by atoms with Crippen LogP contribution in [0.25, 0.3) is 5.52 Å². The van der Waals surface area contributed by atoms with Gasteiger partial charge in [0.25, 0.3) is 0 Å². The second kappa shape index (κ2) is 4.15. The molecule has 0 saturated carbocycles. The number of carbonyl (C=O) groups excluding carboxylic acids is 1. The molecule has 0 radical (unpaired) electrons. The number of ketones is 1. The Hall–Kier alpha value is -2.15. The van der Waals surface area contributed by atoms with Crippen molar-refractivity contribution in [2.24, 2.45) is 0 Å². The molecule has 4 nitrogen and oxygen atoms in total. The van der Waals surface area contributed by atoms with Gasteiger partial charge in [0.15, 0.2) is 5.78 Å². The maximum atomic E-state index is 11.3. The van der Waals surface area contributed by atoms with Gasteiger partial charge in [-0.1, -0.05) is 6.07 Å². The molecule has 0 aliphatic rings. The Balaban J connectivity index is 2.42. The molecule has 2 heterocycles. The Labute approximate surface area is 93.1 Å². The summed E-state index contributed by atoms with van der Waals surface area (Å²) in [5, 5.41) is 12.6. The van der Waals surface area contributed by atoms with E-state index in [0.717, 1.165) is 11.1 Å². The van der Waals surface area contributed by atoms with Gasteiger partial charge in [-0.15, -0.1) is 0 Å². The summed E-state index contributed by atoms with van der Waals surface area (Å²) in [6, 6.07) is 5.91. The molecule has 0 aliphatic heterocycles. The van der Waals surface area contributed by atoms with Crippen LogP contribution >= 0.6 is 0 Å². The van der Waals surface area contributed by atoms with Gasteiger partial charge in [-0.2, -0.15) is 10.4 Å². The molecule has 2 aromatic heterocycles. The third kappa shape index (κ3) is 1.80. The minimum absolute atomic E-state index is 0.0137. The first kappa shape index (κ1) is 10.4. The molecule has 0 bridgehead atoms. The first-order valence-corrected chi connectivity index (χ1v) is 5.06. The van der Waals surface area contributed by atoms with E-state index in [1.807, 2.05) is 18.3 Å². The highest BCUT2D eigenvalue weighted by molar-refractivity contribution is 6.00. The number of aryl methyl sites for hydroxylation is 1. The summed E-state index contributed by atoms with van der Waals surface area (Å²) in [6.45, 7) is 1.53. The number of aromatic nitrogens is 2. The van der Waals surface area contributed by atoms with E-state index in [0.29, 0.717) is 18.4 Å². The average Bonchev–Trinajstić information content (AvgIpc) is 2.69. The molecule has 0 aliphatic carbocycles.